The maximum atomic E-state index is 10.6. The molecular formula is C8H14O5. The lowest BCUT2D eigenvalue weighted by molar-refractivity contribution is 0.0242. The van der Waals surface area contributed by atoms with Crippen molar-refractivity contribution >= 4 is 6.16 Å². The van der Waals surface area contributed by atoms with Crippen LogP contribution in [0.4, 0.5) is 4.79 Å². The van der Waals surface area contributed by atoms with Crippen LogP contribution in [0, 0.1) is 0 Å². The summed E-state index contributed by atoms with van der Waals surface area (Å²) in [6, 6.07) is 0. The van der Waals surface area contributed by atoms with Crippen LogP contribution in [0.15, 0.2) is 12.7 Å². The molecule has 13 heavy (non-hydrogen) atoms. The molecule has 0 aromatic heterocycles. The zero-order valence-corrected chi connectivity index (χ0v) is 7.40. The fourth-order valence-electron chi connectivity index (χ4n) is 0.519. The Bertz CT molecular complexity index is 145. The van der Waals surface area contributed by atoms with Gasteiger partial charge in [-0.3, -0.25) is 0 Å². The van der Waals surface area contributed by atoms with Crippen LogP contribution in [-0.4, -0.2) is 44.3 Å². The average Bonchev–Trinajstić information content (AvgIpc) is 2.14. The van der Waals surface area contributed by atoms with Crippen molar-refractivity contribution in [3.63, 3.8) is 0 Å². The Morgan fingerprint density at radius 2 is 2.08 bits per heavy atom. The van der Waals surface area contributed by atoms with E-state index in [1.165, 1.54) is 6.08 Å². The molecule has 0 aliphatic heterocycles. The van der Waals surface area contributed by atoms with Gasteiger partial charge in [-0.25, -0.2) is 4.79 Å². The Labute approximate surface area is 76.9 Å². The Morgan fingerprint density at radius 1 is 1.31 bits per heavy atom. The van der Waals surface area contributed by atoms with E-state index in [9.17, 15) is 4.79 Å². The Balaban J connectivity index is 3.12. The molecule has 0 atom stereocenters. The summed E-state index contributed by atoms with van der Waals surface area (Å²) in [6.45, 7) is 4.08. The Hall–Kier alpha value is -1.07. The lowest BCUT2D eigenvalue weighted by Gasteiger charge is -2.04. The zero-order chi connectivity index (χ0) is 9.94. The number of carbonyl (C=O) groups excluding carboxylic acids is 1. The van der Waals surface area contributed by atoms with Gasteiger partial charge in [-0.05, 0) is 0 Å². The summed E-state index contributed by atoms with van der Waals surface area (Å²) in [4.78, 5) is 10.6. The molecule has 5 heteroatoms. The summed E-state index contributed by atoms with van der Waals surface area (Å²) in [6.07, 6.45) is 0.705. The van der Waals surface area contributed by atoms with Crippen LogP contribution >= 0.6 is 0 Å². The third kappa shape index (κ3) is 8.84. The Morgan fingerprint density at radius 3 is 2.69 bits per heavy atom. The largest absolute Gasteiger partial charge is 0.508 e. The first-order chi connectivity index (χ1) is 6.31. The van der Waals surface area contributed by atoms with Crippen LogP contribution in [-0.2, 0) is 14.2 Å². The zero-order valence-electron chi connectivity index (χ0n) is 7.40. The summed E-state index contributed by atoms with van der Waals surface area (Å²) in [5.74, 6) is 0. The van der Waals surface area contributed by atoms with Crippen molar-refractivity contribution < 1.29 is 24.1 Å². The van der Waals surface area contributed by atoms with Gasteiger partial charge in [0.1, 0.15) is 13.2 Å². The topological polar surface area (TPSA) is 65.0 Å². The molecule has 0 aliphatic rings. The molecular weight excluding hydrogens is 176 g/mol. The van der Waals surface area contributed by atoms with E-state index in [0.717, 1.165) is 0 Å². The number of hydrogen-bond acceptors (Lipinski definition) is 5. The average molecular weight is 190 g/mol. The van der Waals surface area contributed by atoms with Gasteiger partial charge in [0, 0.05) is 0 Å². The highest BCUT2D eigenvalue weighted by Crippen LogP contribution is 1.86. The van der Waals surface area contributed by atoms with Crippen LogP contribution in [0.1, 0.15) is 0 Å². The number of carbonyl (C=O) groups is 1. The van der Waals surface area contributed by atoms with Crippen molar-refractivity contribution in [2.24, 2.45) is 0 Å². The molecule has 0 unspecified atom stereocenters. The fourth-order valence-corrected chi connectivity index (χ4v) is 0.519. The van der Waals surface area contributed by atoms with Crippen molar-refractivity contribution in [2.75, 3.05) is 33.0 Å². The molecule has 0 saturated heterocycles. The minimum absolute atomic E-state index is 0.0408. The van der Waals surface area contributed by atoms with Crippen LogP contribution in [0.2, 0.25) is 0 Å². The molecule has 0 aromatic rings. The normalized spacial score (nSPS) is 9.31. The molecule has 0 aliphatic carbocycles. The van der Waals surface area contributed by atoms with Crippen LogP contribution in [0.5, 0.6) is 0 Å². The van der Waals surface area contributed by atoms with Crippen molar-refractivity contribution in [3.8, 4) is 0 Å². The van der Waals surface area contributed by atoms with Gasteiger partial charge in [0.05, 0.1) is 19.8 Å². The predicted octanol–water partition coefficient (Wildman–Crippen LogP) is 0.334. The lowest BCUT2D eigenvalue weighted by Crippen LogP contribution is -2.13. The SMILES string of the molecule is C=CCOC(=O)OCCOCCO. The predicted molar refractivity (Wildman–Crippen MR) is 45.4 cm³/mol. The van der Waals surface area contributed by atoms with Gasteiger partial charge in [-0.1, -0.05) is 12.7 Å². The minimum atomic E-state index is -0.743. The first-order valence-electron chi connectivity index (χ1n) is 3.90. The summed E-state index contributed by atoms with van der Waals surface area (Å²) in [7, 11) is 0. The van der Waals surface area contributed by atoms with Gasteiger partial charge in [-0.2, -0.15) is 0 Å². The maximum absolute atomic E-state index is 10.6. The van der Waals surface area contributed by atoms with Gasteiger partial charge in [-0.15, -0.1) is 0 Å². The van der Waals surface area contributed by atoms with Gasteiger partial charge >= 0.3 is 6.16 Å². The molecule has 0 heterocycles. The van der Waals surface area contributed by atoms with Crippen molar-refractivity contribution in [3.05, 3.63) is 12.7 Å². The van der Waals surface area contributed by atoms with E-state index >= 15 is 0 Å². The number of hydrogen-bond donors (Lipinski definition) is 1. The highest BCUT2D eigenvalue weighted by atomic mass is 16.7. The monoisotopic (exact) mass is 190 g/mol. The number of ether oxygens (including phenoxy) is 3. The lowest BCUT2D eigenvalue weighted by atomic mass is 10.7. The van der Waals surface area contributed by atoms with E-state index in [-0.39, 0.29) is 33.0 Å². The first kappa shape index (κ1) is 11.9. The number of aliphatic hydroxyl groups is 1. The van der Waals surface area contributed by atoms with E-state index < -0.39 is 6.16 Å². The molecule has 0 fully saturated rings. The van der Waals surface area contributed by atoms with Crippen molar-refractivity contribution in [2.45, 2.75) is 0 Å². The standard InChI is InChI=1S/C8H14O5/c1-2-4-12-8(10)13-7-6-11-5-3-9/h2,9H,1,3-7H2. The molecule has 0 rings (SSSR count). The first-order valence-corrected chi connectivity index (χ1v) is 3.90. The number of rotatable bonds is 7. The fraction of sp³-hybridized carbons (Fsp3) is 0.625. The van der Waals surface area contributed by atoms with Gasteiger partial charge in [0.15, 0.2) is 0 Å². The maximum Gasteiger partial charge on any atom is 0.508 e. The molecule has 0 saturated carbocycles. The highest BCUT2D eigenvalue weighted by molar-refractivity contribution is 5.59. The van der Waals surface area contributed by atoms with Crippen LogP contribution < -0.4 is 0 Å². The van der Waals surface area contributed by atoms with Gasteiger partial charge in [0.2, 0.25) is 0 Å². The molecule has 0 spiro atoms. The third-order valence-electron chi connectivity index (χ3n) is 1.00. The van der Waals surface area contributed by atoms with Crippen molar-refractivity contribution in [1.82, 2.24) is 0 Å². The van der Waals surface area contributed by atoms with E-state index in [0.29, 0.717) is 0 Å². The van der Waals surface area contributed by atoms with E-state index in [1.54, 1.807) is 0 Å². The quantitative estimate of drug-likeness (QED) is 0.356. The molecule has 5 nitrogen and oxygen atoms in total. The van der Waals surface area contributed by atoms with E-state index in [1.807, 2.05) is 0 Å². The van der Waals surface area contributed by atoms with E-state index in [4.69, 9.17) is 9.84 Å². The number of aliphatic hydroxyl groups excluding tert-OH is 1. The summed E-state index contributed by atoms with van der Waals surface area (Å²) in [5, 5.41) is 8.32. The second-order valence-corrected chi connectivity index (χ2v) is 2.03. The summed E-state index contributed by atoms with van der Waals surface area (Å²) in [5.41, 5.74) is 0. The van der Waals surface area contributed by atoms with Crippen molar-refractivity contribution in [1.29, 1.82) is 0 Å². The molecule has 0 bridgehead atoms. The summed E-state index contributed by atoms with van der Waals surface area (Å²) >= 11 is 0. The second kappa shape index (κ2) is 9.02. The smallest absolute Gasteiger partial charge is 0.432 e. The Kier molecular flexibility index (Phi) is 8.28. The molecule has 0 aromatic carbocycles. The molecule has 0 radical (unpaired) electrons. The summed E-state index contributed by atoms with van der Waals surface area (Å²) < 4.78 is 13.9. The van der Waals surface area contributed by atoms with Crippen LogP contribution in [0.3, 0.4) is 0 Å². The van der Waals surface area contributed by atoms with Gasteiger partial charge < -0.3 is 19.3 Å². The third-order valence-corrected chi connectivity index (χ3v) is 1.00. The highest BCUT2D eigenvalue weighted by Gasteiger charge is 2.00. The van der Waals surface area contributed by atoms with Gasteiger partial charge in [0.25, 0.3) is 0 Å². The molecule has 1 N–H and O–H groups in total. The second-order valence-electron chi connectivity index (χ2n) is 2.03. The molecule has 76 valence electrons. The minimum Gasteiger partial charge on any atom is -0.432 e. The van der Waals surface area contributed by atoms with Crippen LogP contribution in [0.25, 0.3) is 0 Å². The molecule has 0 amide bonds. The van der Waals surface area contributed by atoms with E-state index in [2.05, 4.69) is 16.1 Å².